The monoisotopic (exact) mass is 1850 g/mol. The molecule has 0 bridgehead atoms. The van der Waals surface area contributed by atoms with Gasteiger partial charge in [-0.3, -0.25) is 4.79 Å². The molecule has 0 atom stereocenters. The third-order valence-electron chi connectivity index (χ3n) is 16.0. The highest BCUT2D eigenvalue weighted by atomic mass is 33.1. The van der Waals surface area contributed by atoms with Crippen LogP contribution in [0.4, 0.5) is 0 Å². The standard InChI is InChI=1S/3C14H22S.2C13H20OS.C12H24OS2.C8H18O.C7H17NO.C4H11N.2C4H10O/c3*1-11(2)9-13-5-7-14(8-6-13)10-15-12(3)4;2*1-10(2)14-13-7-5-12(6-8-13)9-15-11(3)4;1-9(2)11(13)7-8-12(5,6)15-14-10(3)4;1-7(2)5-6-9-8(3)4;1-6(2)5-9-8-7(3)4;3*1-4(2)5-3/h3*5-8,11-12H,9-10H2,1-4H3;2*5-8,10-11H,9H2,1-4H3;9-10H,7-8H2,1-6H3;7-8H,5-6H2,1-4H3;6-8H,5H2,1-4H3;4-5H,1-3H3;2*4H,1-3H3. The van der Waals surface area contributed by atoms with E-state index >= 15 is 0 Å². The first-order chi connectivity index (χ1) is 57.2. The van der Waals surface area contributed by atoms with Crippen LogP contribution in [0.2, 0.25) is 0 Å². The molecule has 0 radical (unpaired) electrons. The summed E-state index contributed by atoms with van der Waals surface area (Å²) in [5, 5.41) is 7.23. The lowest BCUT2D eigenvalue weighted by Gasteiger charge is -2.24. The van der Waals surface area contributed by atoms with Gasteiger partial charge in [0.05, 0.1) is 37.1 Å². The Morgan fingerprint density at radius 1 is 0.341 bits per heavy atom. The van der Waals surface area contributed by atoms with Gasteiger partial charge in [0.1, 0.15) is 17.3 Å². The highest BCUT2D eigenvalue weighted by molar-refractivity contribution is 8.77. The second kappa shape index (κ2) is 83.9. The van der Waals surface area contributed by atoms with E-state index in [1.807, 2.05) is 157 Å². The predicted octanol–water partition coefficient (Wildman–Crippen LogP) is 33.1. The van der Waals surface area contributed by atoms with Crippen LogP contribution in [0, 0.1) is 35.5 Å². The first-order valence-corrected chi connectivity index (χ1v) is 54.1. The quantitative estimate of drug-likeness (QED) is 0.0286. The number of ether oxygens (including phenoxy) is 5. The number of carbonyl (C=O) groups is 1. The molecule has 0 saturated carbocycles. The highest BCUT2D eigenvalue weighted by Gasteiger charge is 2.22. The minimum Gasteiger partial charge on any atom is -0.491 e. The number of thioether (sulfide) groups is 5. The van der Waals surface area contributed by atoms with Gasteiger partial charge in [-0.25, -0.2) is 5.48 Å². The zero-order valence-electron chi connectivity index (χ0n) is 87.4. The van der Waals surface area contributed by atoms with E-state index in [2.05, 4.69) is 340 Å². The van der Waals surface area contributed by atoms with Crippen LogP contribution < -0.4 is 20.3 Å². The summed E-state index contributed by atoms with van der Waals surface area (Å²) in [7, 11) is 9.16. The Hall–Kier alpha value is -2.42. The van der Waals surface area contributed by atoms with E-state index in [1.165, 1.54) is 70.2 Å². The van der Waals surface area contributed by atoms with Crippen molar-refractivity contribution in [2.75, 3.05) is 34.5 Å². The number of hydrogen-bond donors (Lipinski definition) is 2. The maximum atomic E-state index is 11.5. The largest absolute Gasteiger partial charge is 0.491 e. The van der Waals surface area contributed by atoms with Crippen LogP contribution >= 0.6 is 80.4 Å². The van der Waals surface area contributed by atoms with E-state index in [0.717, 1.165) is 106 Å². The van der Waals surface area contributed by atoms with Crippen LogP contribution in [0.25, 0.3) is 0 Å². The molecule has 5 rings (SSSR count). The molecule has 5 aromatic carbocycles. The molecule has 123 heavy (non-hydrogen) atoms. The van der Waals surface area contributed by atoms with E-state index in [9.17, 15) is 4.79 Å². The summed E-state index contributed by atoms with van der Waals surface area (Å²) >= 11 is 9.94. The van der Waals surface area contributed by atoms with Crippen LogP contribution in [0.5, 0.6) is 11.5 Å². The van der Waals surface area contributed by atoms with Crippen molar-refractivity contribution in [1.29, 1.82) is 0 Å². The number of rotatable bonds is 43. The Morgan fingerprint density at radius 3 is 0.789 bits per heavy atom. The van der Waals surface area contributed by atoms with Crippen LogP contribution in [0.1, 0.15) is 341 Å². The van der Waals surface area contributed by atoms with E-state index in [1.54, 1.807) is 14.2 Å². The zero-order valence-corrected chi connectivity index (χ0v) is 93.1. The molecule has 0 amide bonds. The van der Waals surface area contributed by atoms with Crippen molar-refractivity contribution in [3.8, 4) is 11.5 Å². The second-order valence-corrected chi connectivity index (χ2v) is 49.2. The van der Waals surface area contributed by atoms with E-state index in [0.29, 0.717) is 57.8 Å². The second-order valence-electron chi connectivity index (χ2n) is 37.9. The number of ketones is 1. The van der Waals surface area contributed by atoms with Crippen molar-refractivity contribution in [3.63, 3.8) is 0 Å². The number of carbonyl (C=O) groups excluding carboxylic acids is 1. The van der Waals surface area contributed by atoms with Crippen molar-refractivity contribution in [1.82, 2.24) is 10.8 Å². The van der Waals surface area contributed by atoms with Gasteiger partial charge in [0.15, 0.2) is 0 Å². The highest BCUT2D eigenvalue weighted by Crippen LogP contribution is 2.41. The van der Waals surface area contributed by atoms with Crippen LogP contribution in [-0.2, 0) is 71.9 Å². The van der Waals surface area contributed by atoms with Crippen LogP contribution in [0.15, 0.2) is 121 Å². The van der Waals surface area contributed by atoms with Crippen molar-refractivity contribution >= 4 is 86.2 Å². The van der Waals surface area contributed by atoms with E-state index < -0.39 is 0 Å². The van der Waals surface area contributed by atoms with Crippen LogP contribution in [0.3, 0.4) is 0 Å². The summed E-state index contributed by atoms with van der Waals surface area (Å²) in [6.07, 6.45) is 8.12. The fourth-order valence-corrected chi connectivity index (χ4v) is 14.7. The molecule has 16 heteroatoms. The molecule has 0 aliphatic heterocycles. The molecule has 0 spiro atoms. The van der Waals surface area contributed by atoms with Crippen molar-refractivity contribution in [2.45, 2.75) is 423 Å². The average Bonchev–Trinajstić information content (AvgIpc) is 0.927. The summed E-state index contributed by atoms with van der Waals surface area (Å²) in [5.74, 6) is 11.7. The molecule has 0 aromatic heterocycles. The predicted molar refractivity (Wildman–Crippen MR) is 573 cm³/mol. The summed E-state index contributed by atoms with van der Waals surface area (Å²) in [6, 6.07) is 45.1. The normalized spacial score (nSPS) is 11.2. The maximum Gasteiger partial charge on any atom is 0.135 e. The van der Waals surface area contributed by atoms with Crippen molar-refractivity contribution in [3.05, 3.63) is 166 Å². The lowest BCUT2D eigenvalue weighted by atomic mass is 9.99. The Morgan fingerprint density at radius 2 is 0.602 bits per heavy atom. The molecular formula is C107H196N2O7S7. The first kappa shape index (κ1) is 131. The fraction of sp³-hybridized carbons (Fsp3) is 0.710. The molecule has 0 unspecified atom stereocenters. The topological polar surface area (TPSA) is 96.5 Å². The number of benzene rings is 5. The summed E-state index contributed by atoms with van der Waals surface area (Å²) < 4.78 is 26.2. The summed E-state index contributed by atoms with van der Waals surface area (Å²) in [5.41, 5.74) is 14.3. The number of hydroxylamine groups is 1. The van der Waals surface area contributed by atoms with Gasteiger partial charge in [-0.15, -0.1) is 0 Å². The van der Waals surface area contributed by atoms with Gasteiger partial charge in [0.25, 0.3) is 0 Å². The van der Waals surface area contributed by atoms with Gasteiger partial charge in [0, 0.05) is 84.0 Å². The molecule has 2 N–H and O–H groups in total. The minimum absolute atomic E-state index is 0.184. The molecule has 718 valence electrons. The Bertz CT molecular complexity index is 2630. The van der Waals surface area contributed by atoms with Gasteiger partial charge in [-0.05, 0) is 261 Å². The Labute approximate surface area is 794 Å². The SMILES string of the molecule is CC(C)CCOC(C)C.CC(C)CONC(C)C.CC(C)Cc1ccc(CSC(C)C)cc1.CC(C)Cc1ccc(CSC(C)C)cc1.CC(C)Cc1ccc(CSC(C)C)cc1.CC(C)Oc1ccc(CSC(C)C)cc1.CC(C)Oc1ccc(CSC(C)C)cc1.CC(C)SSC(C)(C)CCC(=O)C(C)C.CNC(C)C.COC(C)C.COC(C)C. The van der Waals surface area contributed by atoms with Crippen molar-refractivity contribution in [2.24, 2.45) is 35.5 Å². The van der Waals surface area contributed by atoms with Gasteiger partial charge < -0.3 is 33.8 Å². The third-order valence-corrected chi connectivity index (χ3v) is 25.8. The van der Waals surface area contributed by atoms with Gasteiger partial charge in [0.2, 0.25) is 0 Å². The maximum absolute atomic E-state index is 11.5. The lowest BCUT2D eigenvalue weighted by molar-refractivity contribution is -0.122. The third kappa shape index (κ3) is 103. The smallest absolute Gasteiger partial charge is 0.135 e. The summed E-state index contributed by atoms with van der Waals surface area (Å²) in [6.45, 7) is 87.8. The number of hydrogen-bond acceptors (Lipinski definition) is 16. The van der Waals surface area contributed by atoms with Crippen LogP contribution in [-0.4, -0.2) is 119 Å². The molecule has 9 nitrogen and oxygen atoms in total. The number of Topliss-reactive ketones (excluding diaryl/α,β-unsaturated/α-hetero) is 1. The van der Waals surface area contributed by atoms with E-state index in [4.69, 9.17) is 28.5 Å². The van der Waals surface area contributed by atoms with Gasteiger partial charge >= 0.3 is 0 Å². The summed E-state index contributed by atoms with van der Waals surface area (Å²) in [4.78, 5) is 16.6. The zero-order chi connectivity index (χ0) is 95.8. The molecule has 0 heterocycles. The Balaban J connectivity index is -0.000000312. The van der Waals surface area contributed by atoms with E-state index in [-0.39, 0.29) is 22.9 Å². The van der Waals surface area contributed by atoms with Crippen molar-refractivity contribution < 1.29 is 33.3 Å². The number of methoxy groups -OCH3 is 2. The molecule has 5 aromatic rings. The molecule has 0 aliphatic carbocycles. The average molecular weight is 1850 g/mol. The molecule has 0 aliphatic rings. The Kier molecular flexibility index (Phi) is 89.6. The minimum atomic E-state index is 0.184. The molecule has 0 fully saturated rings. The first-order valence-electron chi connectivity index (χ1n) is 46.6. The number of nitrogens with one attached hydrogen (secondary N) is 2. The molecule has 0 saturated heterocycles. The lowest BCUT2D eigenvalue weighted by Crippen LogP contribution is -2.24. The molecular weight excluding hydrogens is 1650 g/mol. The van der Waals surface area contributed by atoms with Gasteiger partial charge in [-0.1, -0.05) is 299 Å². The fourth-order valence-electron chi connectivity index (χ4n) is 8.82. The van der Waals surface area contributed by atoms with Gasteiger partial charge in [-0.2, -0.15) is 58.8 Å².